The predicted octanol–water partition coefficient (Wildman–Crippen LogP) is 3.81. The number of amides is 2. The van der Waals surface area contributed by atoms with E-state index in [9.17, 15) is 19.7 Å². The highest BCUT2D eigenvalue weighted by atomic mass is 16.6. The number of para-hydroxylation sites is 1. The van der Waals surface area contributed by atoms with Gasteiger partial charge < -0.3 is 5.32 Å². The summed E-state index contributed by atoms with van der Waals surface area (Å²) >= 11 is 0. The Labute approximate surface area is 172 Å². The van der Waals surface area contributed by atoms with Crippen molar-refractivity contribution in [2.45, 2.75) is 13.1 Å². The minimum Gasteiger partial charge on any atom is -0.359 e. The Bertz CT molecular complexity index is 1130. The zero-order chi connectivity index (χ0) is 21.3. The Morgan fingerprint density at radius 2 is 1.70 bits per heavy atom. The molecule has 0 saturated heterocycles. The van der Waals surface area contributed by atoms with Crippen molar-refractivity contribution in [1.82, 2.24) is 10.4 Å². The molecule has 0 spiro atoms. The molecule has 1 aliphatic heterocycles. The SMILES string of the molecule is Cc1ccc(C(=O)NN2C(=O)c3ccccc3NC2c2ccc([N+](=O)[O-])cc2)cc1. The number of benzene rings is 3. The van der Waals surface area contributed by atoms with E-state index in [1.54, 1.807) is 48.5 Å². The normalized spacial score (nSPS) is 15.2. The highest BCUT2D eigenvalue weighted by Gasteiger charge is 2.34. The Balaban J connectivity index is 1.70. The van der Waals surface area contributed by atoms with Crippen LogP contribution in [-0.4, -0.2) is 21.7 Å². The quantitative estimate of drug-likeness (QED) is 0.510. The zero-order valence-electron chi connectivity index (χ0n) is 16.0. The van der Waals surface area contributed by atoms with Crippen LogP contribution in [0.3, 0.4) is 0 Å². The van der Waals surface area contributed by atoms with Gasteiger partial charge in [-0.3, -0.25) is 25.1 Å². The molecule has 0 aliphatic carbocycles. The number of nitro groups is 1. The maximum atomic E-state index is 13.2. The predicted molar refractivity (Wildman–Crippen MR) is 111 cm³/mol. The van der Waals surface area contributed by atoms with Crippen molar-refractivity contribution in [3.05, 3.63) is 105 Å². The number of non-ortho nitro benzene ring substituents is 1. The molecule has 1 aliphatic rings. The second-order valence-corrected chi connectivity index (χ2v) is 6.92. The number of nitrogens with zero attached hydrogens (tertiary/aromatic N) is 2. The molecule has 0 saturated carbocycles. The summed E-state index contributed by atoms with van der Waals surface area (Å²) in [7, 11) is 0. The van der Waals surface area contributed by atoms with Gasteiger partial charge in [-0.2, -0.15) is 0 Å². The highest BCUT2D eigenvalue weighted by Crippen LogP contribution is 2.32. The zero-order valence-corrected chi connectivity index (χ0v) is 16.0. The number of nitro benzene ring substituents is 1. The molecule has 4 rings (SSSR count). The lowest BCUT2D eigenvalue weighted by atomic mass is 10.0. The first-order valence-electron chi connectivity index (χ1n) is 9.25. The molecule has 2 N–H and O–H groups in total. The van der Waals surface area contributed by atoms with E-state index in [-0.39, 0.29) is 11.6 Å². The smallest absolute Gasteiger partial charge is 0.276 e. The van der Waals surface area contributed by atoms with Crippen LogP contribution in [-0.2, 0) is 0 Å². The number of nitrogens with one attached hydrogen (secondary N) is 2. The van der Waals surface area contributed by atoms with E-state index in [0.717, 1.165) is 5.56 Å². The first-order valence-corrected chi connectivity index (χ1v) is 9.25. The molecular weight excluding hydrogens is 384 g/mol. The Kier molecular flexibility index (Phi) is 4.89. The maximum absolute atomic E-state index is 13.2. The third-order valence-electron chi connectivity index (χ3n) is 4.88. The average molecular weight is 402 g/mol. The van der Waals surface area contributed by atoms with Gasteiger partial charge in [-0.05, 0) is 48.9 Å². The van der Waals surface area contributed by atoms with Crippen LogP contribution in [0.15, 0.2) is 72.8 Å². The topological polar surface area (TPSA) is 105 Å². The summed E-state index contributed by atoms with van der Waals surface area (Å²) in [5, 5.41) is 15.4. The number of carbonyl (C=O) groups is 2. The first-order chi connectivity index (χ1) is 14.4. The highest BCUT2D eigenvalue weighted by molar-refractivity contribution is 6.04. The molecule has 1 heterocycles. The van der Waals surface area contributed by atoms with E-state index in [0.29, 0.717) is 22.4 Å². The first kappa shape index (κ1) is 19.1. The fourth-order valence-electron chi connectivity index (χ4n) is 3.26. The molecule has 1 atom stereocenters. The molecule has 8 heteroatoms. The Morgan fingerprint density at radius 1 is 1.03 bits per heavy atom. The molecular formula is C22H18N4O4. The van der Waals surface area contributed by atoms with Gasteiger partial charge in [-0.25, -0.2) is 5.01 Å². The van der Waals surface area contributed by atoms with E-state index >= 15 is 0 Å². The molecule has 0 aromatic heterocycles. The van der Waals surface area contributed by atoms with Crippen molar-refractivity contribution in [3.63, 3.8) is 0 Å². The monoisotopic (exact) mass is 402 g/mol. The van der Waals surface area contributed by atoms with Crippen LogP contribution in [0.1, 0.15) is 38.0 Å². The number of aryl methyl sites for hydroxylation is 1. The number of rotatable bonds is 4. The third kappa shape index (κ3) is 3.58. The second kappa shape index (κ2) is 7.67. The van der Waals surface area contributed by atoms with E-state index in [1.165, 1.54) is 17.1 Å². The maximum Gasteiger partial charge on any atom is 0.276 e. The van der Waals surface area contributed by atoms with Crippen LogP contribution >= 0.6 is 0 Å². The summed E-state index contributed by atoms with van der Waals surface area (Å²) in [5.41, 5.74) is 5.67. The number of carbonyl (C=O) groups excluding carboxylic acids is 2. The van der Waals surface area contributed by atoms with Gasteiger partial charge in [0.2, 0.25) is 0 Å². The van der Waals surface area contributed by atoms with Crippen molar-refractivity contribution in [1.29, 1.82) is 0 Å². The Morgan fingerprint density at radius 3 is 2.37 bits per heavy atom. The minimum absolute atomic E-state index is 0.0588. The molecule has 3 aromatic carbocycles. The lowest BCUT2D eigenvalue weighted by Crippen LogP contribution is -2.52. The van der Waals surface area contributed by atoms with Gasteiger partial charge in [-0.15, -0.1) is 0 Å². The van der Waals surface area contributed by atoms with Gasteiger partial charge in [0.25, 0.3) is 17.5 Å². The van der Waals surface area contributed by atoms with Crippen LogP contribution < -0.4 is 10.7 Å². The van der Waals surface area contributed by atoms with Gasteiger partial charge in [0.1, 0.15) is 6.17 Å². The van der Waals surface area contributed by atoms with E-state index in [1.807, 2.05) is 19.1 Å². The number of hydrazine groups is 1. The van der Waals surface area contributed by atoms with Crippen LogP contribution in [0.5, 0.6) is 0 Å². The van der Waals surface area contributed by atoms with Crippen molar-refractivity contribution in [2.75, 3.05) is 5.32 Å². The van der Waals surface area contributed by atoms with Crippen molar-refractivity contribution >= 4 is 23.2 Å². The molecule has 0 fully saturated rings. The summed E-state index contributed by atoms with van der Waals surface area (Å²) < 4.78 is 0. The van der Waals surface area contributed by atoms with Crippen molar-refractivity contribution < 1.29 is 14.5 Å². The second-order valence-electron chi connectivity index (χ2n) is 6.92. The van der Waals surface area contributed by atoms with Crippen LogP contribution in [0.25, 0.3) is 0 Å². The average Bonchev–Trinajstić information content (AvgIpc) is 2.76. The van der Waals surface area contributed by atoms with Gasteiger partial charge in [0.15, 0.2) is 0 Å². The summed E-state index contributed by atoms with van der Waals surface area (Å²) in [4.78, 5) is 36.4. The van der Waals surface area contributed by atoms with Crippen LogP contribution in [0.2, 0.25) is 0 Å². The fourth-order valence-corrected chi connectivity index (χ4v) is 3.26. The molecule has 0 radical (unpaired) electrons. The largest absolute Gasteiger partial charge is 0.359 e. The molecule has 0 bridgehead atoms. The van der Waals surface area contributed by atoms with Crippen LogP contribution in [0.4, 0.5) is 11.4 Å². The van der Waals surface area contributed by atoms with Gasteiger partial charge in [0, 0.05) is 23.4 Å². The number of hydrogen-bond donors (Lipinski definition) is 2. The van der Waals surface area contributed by atoms with E-state index in [2.05, 4.69) is 10.7 Å². The fraction of sp³-hybridized carbons (Fsp3) is 0.0909. The molecule has 3 aromatic rings. The number of hydrogen-bond acceptors (Lipinski definition) is 5. The lowest BCUT2D eigenvalue weighted by molar-refractivity contribution is -0.384. The van der Waals surface area contributed by atoms with Crippen molar-refractivity contribution in [2.24, 2.45) is 0 Å². The lowest BCUT2D eigenvalue weighted by Gasteiger charge is -2.37. The van der Waals surface area contributed by atoms with Gasteiger partial charge >= 0.3 is 0 Å². The molecule has 1 unspecified atom stereocenters. The van der Waals surface area contributed by atoms with Crippen molar-refractivity contribution in [3.8, 4) is 0 Å². The van der Waals surface area contributed by atoms with Crippen LogP contribution in [0, 0.1) is 17.0 Å². The van der Waals surface area contributed by atoms with E-state index in [4.69, 9.17) is 0 Å². The number of fused-ring (bicyclic) bond motifs is 1. The minimum atomic E-state index is -0.734. The van der Waals surface area contributed by atoms with Gasteiger partial charge in [0.05, 0.1) is 10.5 Å². The summed E-state index contributed by atoms with van der Waals surface area (Å²) in [6.45, 7) is 1.92. The van der Waals surface area contributed by atoms with Gasteiger partial charge in [-0.1, -0.05) is 29.8 Å². The van der Waals surface area contributed by atoms with E-state index < -0.39 is 17.0 Å². The third-order valence-corrected chi connectivity index (χ3v) is 4.88. The standard InChI is InChI=1S/C22H18N4O4/c1-14-6-8-16(9-7-14)21(27)24-25-20(15-10-12-17(13-11-15)26(29)30)23-19-5-3-2-4-18(19)22(25)28/h2-13,20,23H,1H3,(H,24,27). The molecule has 150 valence electrons. The molecule has 8 nitrogen and oxygen atoms in total. The number of anilines is 1. The summed E-state index contributed by atoms with van der Waals surface area (Å²) in [6.07, 6.45) is -0.734. The molecule has 2 amide bonds. The molecule has 30 heavy (non-hydrogen) atoms. The summed E-state index contributed by atoms with van der Waals surface area (Å²) in [5.74, 6) is -0.815. The Hall–Kier alpha value is -4.20. The summed E-state index contributed by atoms with van der Waals surface area (Å²) in [6, 6.07) is 19.8.